The van der Waals surface area contributed by atoms with Crippen molar-refractivity contribution in [2.45, 2.75) is 25.7 Å². The summed E-state index contributed by atoms with van der Waals surface area (Å²) >= 11 is 0. The molecule has 0 radical (unpaired) electrons. The van der Waals surface area contributed by atoms with Crippen LogP contribution in [0.5, 0.6) is 5.75 Å². The van der Waals surface area contributed by atoms with Gasteiger partial charge in [0.25, 0.3) is 0 Å². The van der Waals surface area contributed by atoms with Crippen molar-refractivity contribution in [3.63, 3.8) is 0 Å². The third-order valence-electron chi connectivity index (χ3n) is 3.29. The minimum atomic E-state index is 0.185. The van der Waals surface area contributed by atoms with E-state index in [2.05, 4.69) is 24.3 Å². The number of nitrogens with one attached hydrogen (secondary N) is 1. The largest absolute Gasteiger partial charge is 0.494 e. The Morgan fingerprint density at radius 3 is 2.29 bits per heavy atom. The fourth-order valence-corrected chi connectivity index (χ4v) is 2.19. The number of benzene rings is 2. The molecule has 3 nitrogen and oxygen atoms in total. The van der Waals surface area contributed by atoms with Gasteiger partial charge in [0, 0.05) is 6.42 Å². The maximum Gasteiger partial charge on any atom is 0.119 e. The molecule has 0 aromatic heterocycles. The highest BCUT2D eigenvalue weighted by atomic mass is 16.5. The van der Waals surface area contributed by atoms with Crippen LogP contribution in [0.4, 0.5) is 0 Å². The van der Waals surface area contributed by atoms with Crippen molar-refractivity contribution < 1.29 is 4.74 Å². The summed E-state index contributed by atoms with van der Waals surface area (Å²) in [5, 5.41) is 7.26. The second-order valence-electron chi connectivity index (χ2n) is 5.14. The Kier molecular flexibility index (Phi) is 5.83. The van der Waals surface area contributed by atoms with Crippen LogP contribution < -0.4 is 10.5 Å². The van der Waals surface area contributed by atoms with Gasteiger partial charge in [-0.1, -0.05) is 42.5 Å². The van der Waals surface area contributed by atoms with Crippen LogP contribution in [0.25, 0.3) is 0 Å². The van der Waals surface area contributed by atoms with Gasteiger partial charge in [0.1, 0.15) is 5.75 Å². The van der Waals surface area contributed by atoms with E-state index in [0.717, 1.165) is 37.2 Å². The number of ether oxygens (including phenoxy) is 1. The molecule has 3 N–H and O–H groups in total. The fourth-order valence-electron chi connectivity index (χ4n) is 2.19. The van der Waals surface area contributed by atoms with Crippen LogP contribution in [0.1, 0.15) is 24.0 Å². The maximum atomic E-state index is 7.26. The molecule has 3 heteroatoms. The number of hydrogen-bond acceptors (Lipinski definition) is 2. The Labute approximate surface area is 126 Å². The highest BCUT2D eigenvalue weighted by Gasteiger charge is 1.98. The second kappa shape index (κ2) is 8.10. The summed E-state index contributed by atoms with van der Waals surface area (Å²) in [6.07, 6.45) is 3.77. The predicted octanol–water partition coefficient (Wildman–Crippen LogP) is 3.57. The van der Waals surface area contributed by atoms with Gasteiger partial charge >= 0.3 is 0 Å². The van der Waals surface area contributed by atoms with E-state index in [-0.39, 0.29) is 5.84 Å². The first-order valence-electron chi connectivity index (χ1n) is 7.32. The van der Waals surface area contributed by atoms with E-state index >= 15 is 0 Å². The molecule has 2 aromatic rings. The number of nitrogens with two attached hydrogens (primary N) is 1. The first-order valence-corrected chi connectivity index (χ1v) is 7.32. The Morgan fingerprint density at radius 2 is 1.62 bits per heavy atom. The number of rotatable bonds is 8. The number of hydrogen-bond donors (Lipinski definition) is 2. The van der Waals surface area contributed by atoms with Gasteiger partial charge in [0.15, 0.2) is 0 Å². The van der Waals surface area contributed by atoms with Crippen molar-refractivity contribution in [3.05, 3.63) is 65.7 Å². The van der Waals surface area contributed by atoms with Crippen molar-refractivity contribution in [1.82, 2.24) is 0 Å². The normalized spacial score (nSPS) is 10.3. The molecule has 0 aliphatic heterocycles. The lowest BCUT2D eigenvalue weighted by Gasteiger charge is -2.07. The van der Waals surface area contributed by atoms with Crippen LogP contribution in [-0.2, 0) is 12.8 Å². The molecule has 0 bridgehead atoms. The zero-order valence-electron chi connectivity index (χ0n) is 12.2. The van der Waals surface area contributed by atoms with Crippen molar-refractivity contribution in [1.29, 1.82) is 5.41 Å². The molecule has 21 heavy (non-hydrogen) atoms. The minimum absolute atomic E-state index is 0.185. The first kappa shape index (κ1) is 15.1. The van der Waals surface area contributed by atoms with Gasteiger partial charge in [-0.2, -0.15) is 0 Å². The molecule has 0 aliphatic carbocycles. The first-order chi connectivity index (χ1) is 10.2. The monoisotopic (exact) mass is 282 g/mol. The lowest BCUT2D eigenvalue weighted by Crippen LogP contribution is -2.12. The molecule has 110 valence electrons. The molecule has 0 saturated carbocycles. The topological polar surface area (TPSA) is 59.1 Å². The fraction of sp³-hybridized carbons (Fsp3) is 0.278. The van der Waals surface area contributed by atoms with Crippen LogP contribution in [0.2, 0.25) is 0 Å². The lowest BCUT2D eigenvalue weighted by molar-refractivity contribution is 0.307. The van der Waals surface area contributed by atoms with Crippen molar-refractivity contribution in [2.75, 3.05) is 6.61 Å². The molecule has 0 spiro atoms. The Bertz CT molecular complexity index is 549. The zero-order chi connectivity index (χ0) is 14.9. The average Bonchev–Trinajstić information content (AvgIpc) is 2.49. The Hall–Kier alpha value is -2.29. The molecular weight excluding hydrogens is 260 g/mol. The highest BCUT2D eigenvalue weighted by Crippen LogP contribution is 2.13. The van der Waals surface area contributed by atoms with E-state index in [1.165, 1.54) is 5.56 Å². The summed E-state index contributed by atoms with van der Waals surface area (Å²) < 4.78 is 5.72. The van der Waals surface area contributed by atoms with Crippen LogP contribution >= 0.6 is 0 Å². The van der Waals surface area contributed by atoms with Gasteiger partial charge in [-0.15, -0.1) is 0 Å². The molecule has 0 heterocycles. The van der Waals surface area contributed by atoms with Gasteiger partial charge in [-0.05, 0) is 42.5 Å². The molecule has 0 saturated heterocycles. The zero-order valence-corrected chi connectivity index (χ0v) is 12.2. The van der Waals surface area contributed by atoms with E-state index in [4.69, 9.17) is 15.9 Å². The van der Waals surface area contributed by atoms with Gasteiger partial charge < -0.3 is 10.5 Å². The summed E-state index contributed by atoms with van der Waals surface area (Å²) in [6, 6.07) is 18.3. The SMILES string of the molecule is N=C(N)Cc1ccc(OCCCCc2ccccc2)cc1. The molecule has 2 aromatic carbocycles. The molecule has 0 atom stereocenters. The molecule has 0 aliphatic rings. The molecule has 0 amide bonds. The second-order valence-corrected chi connectivity index (χ2v) is 5.14. The Balaban J connectivity index is 1.65. The summed E-state index contributed by atoms with van der Waals surface area (Å²) in [5.41, 5.74) is 7.80. The van der Waals surface area contributed by atoms with Crippen LogP contribution in [0.3, 0.4) is 0 Å². The van der Waals surface area contributed by atoms with E-state index in [1.54, 1.807) is 0 Å². The third kappa shape index (κ3) is 5.69. The summed E-state index contributed by atoms with van der Waals surface area (Å²) in [4.78, 5) is 0. The quantitative estimate of drug-likeness (QED) is 0.442. The summed E-state index contributed by atoms with van der Waals surface area (Å²) in [6.45, 7) is 0.735. The Morgan fingerprint density at radius 1 is 0.905 bits per heavy atom. The lowest BCUT2D eigenvalue weighted by atomic mass is 10.1. The molecule has 2 rings (SSSR count). The number of amidine groups is 1. The molecular formula is C18H22N2O. The predicted molar refractivity (Wildman–Crippen MR) is 86.9 cm³/mol. The molecule has 0 unspecified atom stereocenters. The summed E-state index contributed by atoms with van der Waals surface area (Å²) in [7, 11) is 0. The van der Waals surface area contributed by atoms with E-state index in [9.17, 15) is 0 Å². The minimum Gasteiger partial charge on any atom is -0.494 e. The van der Waals surface area contributed by atoms with E-state index in [1.807, 2.05) is 30.3 Å². The maximum absolute atomic E-state index is 7.26. The van der Waals surface area contributed by atoms with Gasteiger partial charge in [0.05, 0.1) is 12.4 Å². The van der Waals surface area contributed by atoms with Crippen LogP contribution in [0, 0.1) is 5.41 Å². The van der Waals surface area contributed by atoms with E-state index < -0.39 is 0 Å². The van der Waals surface area contributed by atoms with Crippen molar-refractivity contribution in [2.24, 2.45) is 5.73 Å². The summed E-state index contributed by atoms with van der Waals surface area (Å²) in [5.74, 6) is 1.06. The number of aryl methyl sites for hydroxylation is 1. The van der Waals surface area contributed by atoms with Gasteiger partial charge in [0.2, 0.25) is 0 Å². The van der Waals surface area contributed by atoms with E-state index in [0.29, 0.717) is 6.42 Å². The average molecular weight is 282 g/mol. The highest BCUT2D eigenvalue weighted by molar-refractivity contribution is 5.79. The molecule has 0 fully saturated rings. The third-order valence-corrected chi connectivity index (χ3v) is 3.29. The van der Waals surface area contributed by atoms with Gasteiger partial charge in [-0.3, -0.25) is 5.41 Å². The van der Waals surface area contributed by atoms with Crippen LogP contribution in [-0.4, -0.2) is 12.4 Å². The standard InChI is InChI=1S/C18H22N2O/c19-18(20)14-16-9-11-17(12-10-16)21-13-5-4-8-15-6-2-1-3-7-15/h1-3,6-7,9-12H,4-5,8,13-14H2,(H3,19,20). The van der Waals surface area contributed by atoms with Crippen molar-refractivity contribution >= 4 is 5.84 Å². The van der Waals surface area contributed by atoms with Crippen molar-refractivity contribution in [3.8, 4) is 5.75 Å². The van der Waals surface area contributed by atoms with Gasteiger partial charge in [-0.25, -0.2) is 0 Å². The number of unbranched alkanes of at least 4 members (excludes halogenated alkanes) is 1. The van der Waals surface area contributed by atoms with Crippen LogP contribution in [0.15, 0.2) is 54.6 Å². The smallest absolute Gasteiger partial charge is 0.119 e.